The van der Waals surface area contributed by atoms with Crippen molar-refractivity contribution in [3.05, 3.63) is 46.8 Å². The summed E-state index contributed by atoms with van der Waals surface area (Å²) in [6.07, 6.45) is 3.79. The van der Waals surface area contributed by atoms with Gasteiger partial charge in [-0.05, 0) is 18.6 Å². The van der Waals surface area contributed by atoms with Crippen LogP contribution in [0.1, 0.15) is 22.5 Å². The number of hydrogen-bond acceptors (Lipinski definition) is 4. The molecule has 0 saturated carbocycles. The average Bonchev–Trinajstić information content (AvgIpc) is 2.81. The van der Waals surface area contributed by atoms with E-state index in [1.165, 1.54) is 5.56 Å². The largest absolute Gasteiger partial charge is 0.394 e. The molecule has 1 aromatic heterocycles. The van der Waals surface area contributed by atoms with E-state index in [1.54, 1.807) is 4.68 Å². The Balaban J connectivity index is 2.26. The van der Waals surface area contributed by atoms with Crippen molar-refractivity contribution >= 4 is 12.2 Å². The summed E-state index contributed by atoms with van der Waals surface area (Å²) < 4.78 is 1.58. The number of aliphatic hydroxyl groups excluding tert-OH is 2. The molecule has 5 heteroatoms. The highest BCUT2D eigenvalue weighted by atomic mass is 16.3. The predicted molar refractivity (Wildman–Crippen MR) is 73.1 cm³/mol. The van der Waals surface area contributed by atoms with Crippen LogP contribution in [0, 0.1) is 6.92 Å². The van der Waals surface area contributed by atoms with Crippen molar-refractivity contribution < 1.29 is 10.2 Å². The molecular weight excluding hydrogens is 242 g/mol. The van der Waals surface area contributed by atoms with Crippen molar-refractivity contribution in [2.45, 2.75) is 20.1 Å². The molecule has 2 aromatic rings. The summed E-state index contributed by atoms with van der Waals surface area (Å²) in [5.41, 5.74) is 3.50. The number of nitrogens with zero attached hydrogens (tertiary/aromatic N) is 3. The molecular formula is C14H17N3O2. The van der Waals surface area contributed by atoms with Crippen molar-refractivity contribution in [3.8, 4) is 0 Å². The Morgan fingerprint density at radius 1 is 1.16 bits per heavy atom. The van der Waals surface area contributed by atoms with Crippen molar-refractivity contribution in [1.29, 1.82) is 0 Å². The molecule has 0 aliphatic rings. The minimum Gasteiger partial charge on any atom is -0.394 e. The minimum absolute atomic E-state index is 0.0143. The first-order chi connectivity index (χ1) is 9.24. The van der Waals surface area contributed by atoms with Crippen LogP contribution in [0.15, 0.2) is 24.3 Å². The van der Waals surface area contributed by atoms with Crippen LogP contribution in [-0.2, 0) is 13.2 Å². The number of aliphatic hydroxyl groups is 2. The van der Waals surface area contributed by atoms with Gasteiger partial charge >= 0.3 is 0 Å². The first kappa shape index (κ1) is 13.5. The second-order valence-corrected chi connectivity index (χ2v) is 4.27. The number of hydrogen-bond donors (Lipinski definition) is 2. The average molecular weight is 259 g/mol. The smallest absolute Gasteiger partial charge is 0.115 e. The Kier molecular flexibility index (Phi) is 4.43. The fourth-order valence-corrected chi connectivity index (χ4v) is 1.76. The molecule has 2 N–H and O–H groups in total. The van der Waals surface area contributed by atoms with E-state index in [1.807, 2.05) is 43.3 Å². The predicted octanol–water partition coefficient (Wildman–Crippen LogP) is 1.24. The molecule has 0 radical (unpaired) electrons. The zero-order valence-electron chi connectivity index (χ0n) is 10.8. The van der Waals surface area contributed by atoms with Gasteiger partial charge in [0.2, 0.25) is 0 Å². The maximum atomic E-state index is 9.22. The van der Waals surface area contributed by atoms with Crippen LogP contribution in [0.25, 0.3) is 12.2 Å². The quantitative estimate of drug-likeness (QED) is 0.847. The molecule has 100 valence electrons. The standard InChI is InChI=1S/C14H17N3O2/c1-11-2-4-12(5-3-11)6-7-14-13(10-19)15-16-17(14)8-9-18/h2-7,18-19H,8-10H2,1H3/b7-6+. The summed E-state index contributed by atoms with van der Waals surface area (Å²) in [5.74, 6) is 0. The third kappa shape index (κ3) is 3.27. The molecule has 0 saturated heterocycles. The van der Waals surface area contributed by atoms with Crippen LogP contribution in [0.3, 0.4) is 0 Å². The molecule has 0 amide bonds. The molecule has 0 aliphatic heterocycles. The fourth-order valence-electron chi connectivity index (χ4n) is 1.76. The van der Waals surface area contributed by atoms with E-state index in [9.17, 15) is 5.11 Å². The number of aryl methyl sites for hydroxylation is 1. The van der Waals surface area contributed by atoms with Crippen LogP contribution in [0.5, 0.6) is 0 Å². The zero-order valence-corrected chi connectivity index (χ0v) is 10.8. The molecule has 5 nitrogen and oxygen atoms in total. The topological polar surface area (TPSA) is 71.2 Å². The number of benzene rings is 1. The van der Waals surface area contributed by atoms with Crippen LogP contribution in [-0.4, -0.2) is 31.8 Å². The maximum absolute atomic E-state index is 9.22. The molecule has 1 aromatic carbocycles. The van der Waals surface area contributed by atoms with Crippen molar-refractivity contribution in [2.75, 3.05) is 6.61 Å². The molecule has 19 heavy (non-hydrogen) atoms. The first-order valence-electron chi connectivity index (χ1n) is 6.13. The van der Waals surface area contributed by atoms with E-state index in [4.69, 9.17) is 5.11 Å². The second-order valence-electron chi connectivity index (χ2n) is 4.27. The van der Waals surface area contributed by atoms with Crippen LogP contribution < -0.4 is 0 Å². The van der Waals surface area contributed by atoms with Crippen LogP contribution in [0.2, 0.25) is 0 Å². The first-order valence-corrected chi connectivity index (χ1v) is 6.13. The highest BCUT2D eigenvalue weighted by molar-refractivity contribution is 5.69. The van der Waals surface area contributed by atoms with E-state index >= 15 is 0 Å². The van der Waals surface area contributed by atoms with Gasteiger partial charge in [-0.15, -0.1) is 5.10 Å². The van der Waals surface area contributed by atoms with Crippen molar-refractivity contribution in [3.63, 3.8) is 0 Å². The highest BCUT2D eigenvalue weighted by Gasteiger charge is 2.08. The lowest BCUT2D eigenvalue weighted by Crippen LogP contribution is -2.06. The zero-order chi connectivity index (χ0) is 13.7. The van der Waals surface area contributed by atoms with Gasteiger partial charge in [0.1, 0.15) is 5.69 Å². The summed E-state index contributed by atoms with van der Waals surface area (Å²) in [6, 6.07) is 8.11. The molecule has 0 spiro atoms. The molecule has 0 atom stereocenters. The van der Waals surface area contributed by atoms with E-state index < -0.39 is 0 Å². The summed E-state index contributed by atoms with van der Waals surface area (Å²) in [5, 5.41) is 26.0. The lowest BCUT2D eigenvalue weighted by Gasteiger charge is -2.01. The number of aromatic nitrogens is 3. The Morgan fingerprint density at radius 2 is 1.89 bits per heavy atom. The van der Waals surface area contributed by atoms with Gasteiger partial charge in [0.05, 0.1) is 25.5 Å². The third-order valence-electron chi connectivity index (χ3n) is 2.82. The van der Waals surface area contributed by atoms with Gasteiger partial charge in [-0.1, -0.05) is 41.1 Å². The van der Waals surface area contributed by atoms with E-state index in [0.29, 0.717) is 12.2 Å². The number of rotatable bonds is 5. The molecule has 0 unspecified atom stereocenters. The minimum atomic E-state index is -0.168. The van der Waals surface area contributed by atoms with Gasteiger partial charge < -0.3 is 10.2 Å². The highest BCUT2D eigenvalue weighted by Crippen LogP contribution is 2.12. The molecule has 1 heterocycles. The van der Waals surface area contributed by atoms with Crippen molar-refractivity contribution in [2.24, 2.45) is 0 Å². The molecule has 0 aliphatic carbocycles. The Labute approximate surface area is 111 Å². The normalized spacial score (nSPS) is 11.3. The lowest BCUT2D eigenvalue weighted by molar-refractivity contribution is 0.267. The molecule has 2 rings (SSSR count). The lowest BCUT2D eigenvalue weighted by atomic mass is 10.1. The van der Waals surface area contributed by atoms with E-state index in [-0.39, 0.29) is 13.2 Å². The third-order valence-corrected chi connectivity index (χ3v) is 2.82. The fraction of sp³-hybridized carbons (Fsp3) is 0.286. The van der Waals surface area contributed by atoms with E-state index in [2.05, 4.69) is 10.3 Å². The van der Waals surface area contributed by atoms with Gasteiger partial charge in [-0.3, -0.25) is 0 Å². The van der Waals surface area contributed by atoms with Gasteiger partial charge in [0, 0.05) is 0 Å². The summed E-state index contributed by atoms with van der Waals surface area (Å²) in [4.78, 5) is 0. The summed E-state index contributed by atoms with van der Waals surface area (Å²) >= 11 is 0. The maximum Gasteiger partial charge on any atom is 0.115 e. The Morgan fingerprint density at radius 3 is 2.53 bits per heavy atom. The van der Waals surface area contributed by atoms with Gasteiger partial charge in [-0.25, -0.2) is 4.68 Å². The van der Waals surface area contributed by atoms with Gasteiger partial charge in [0.15, 0.2) is 0 Å². The molecule has 0 bridgehead atoms. The Hall–Kier alpha value is -1.98. The molecule has 0 fully saturated rings. The van der Waals surface area contributed by atoms with Gasteiger partial charge in [0.25, 0.3) is 0 Å². The summed E-state index contributed by atoms with van der Waals surface area (Å²) in [6.45, 7) is 2.22. The van der Waals surface area contributed by atoms with E-state index in [0.717, 1.165) is 11.3 Å². The van der Waals surface area contributed by atoms with Crippen molar-refractivity contribution in [1.82, 2.24) is 15.0 Å². The van der Waals surface area contributed by atoms with Gasteiger partial charge in [-0.2, -0.15) is 0 Å². The monoisotopic (exact) mass is 259 g/mol. The van der Waals surface area contributed by atoms with Crippen LogP contribution in [0.4, 0.5) is 0 Å². The Bertz CT molecular complexity index is 559. The summed E-state index contributed by atoms with van der Waals surface area (Å²) in [7, 11) is 0. The van der Waals surface area contributed by atoms with Crippen LogP contribution >= 0.6 is 0 Å². The SMILES string of the molecule is Cc1ccc(/C=C/c2c(CO)nnn2CCO)cc1. The second kappa shape index (κ2) is 6.26.